The minimum Gasteiger partial charge on any atom is -0.452 e. The van der Waals surface area contributed by atoms with Crippen LogP contribution in [-0.2, 0) is 13.2 Å². The first kappa shape index (κ1) is 19.2. The van der Waals surface area contributed by atoms with Crippen LogP contribution in [0.15, 0.2) is 65.6 Å². The fraction of sp³-hybridized carbons (Fsp3) is 0.211. The van der Waals surface area contributed by atoms with Crippen LogP contribution in [0.3, 0.4) is 0 Å². The number of rotatable bonds is 3. The highest BCUT2D eigenvalue weighted by molar-refractivity contribution is 6.23. The maximum absolute atomic E-state index is 15.3. The molecule has 3 nitrogen and oxygen atoms in total. The summed E-state index contributed by atoms with van der Waals surface area (Å²) in [7, 11) is 1.16. The fourth-order valence-corrected chi connectivity index (χ4v) is 2.89. The van der Waals surface area contributed by atoms with Gasteiger partial charge in [-0.1, -0.05) is 30.4 Å². The molecule has 27 heavy (non-hydrogen) atoms. The fourth-order valence-electron chi connectivity index (χ4n) is 2.71. The lowest BCUT2D eigenvalue weighted by molar-refractivity contribution is -0.143. The van der Waals surface area contributed by atoms with Crippen LogP contribution in [0.25, 0.3) is 5.57 Å². The van der Waals surface area contributed by atoms with Gasteiger partial charge in [0.1, 0.15) is 16.8 Å². The summed E-state index contributed by atoms with van der Waals surface area (Å²) in [6, 6.07) is 8.58. The van der Waals surface area contributed by atoms with Gasteiger partial charge in [-0.25, -0.2) is 0 Å². The number of ether oxygens (including phenoxy) is 1. The number of hydrogen-bond acceptors (Lipinski definition) is 2. The van der Waals surface area contributed by atoms with E-state index in [9.17, 15) is 18.0 Å². The maximum Gasteiger partial charge on any atom is 0.431 e. The van der Waals surface area contributed by atoms with E-state index in [1.54, 1.807) is 18.2 Å². The molecule has 1 aromatic carbocycles. The number of allylic oxidation sites excluding steroid dienone is 2. The molecule has 0 N–H and O–H groups in total. The summed E-state index contributed by atoms with van der Waals surface area (Å²) in [6.07, 6.45) is 0.00992. The quantitative estimate of drug-likeness (QED) is 0.553. The summed E-state index contributed by atoms with van der Waals surface area (Å²) in [5.41, 5.74) is -1.99. The summed E-state index contributed by atoms with van der Waals surface area (Å²) in [5, 5.41) is -1.18. The number of aryl methyl sites for hydroxylation is 1. The first-order valence-electron chi connectivity index (χ1n) is 7.86. The number of aromatic nitrogens is 1. The van der Waals surface area contributed by atoms with Crippen LogP contribution in [0, 0.1) is 0 Å². The van der Waals surface area contributed by atoms with Gasteiger partial charge in [0.2, 0.25) is 0 Å². The van der Waals surface area contributed by atoms with Crippen molar-refractivity contribution in [1.29, 1.82) is 0 Å². The van der Waals surface area contributed by atoms with E-state index in [1.165, 1.54) is 24.3 Å². The lowest BCUT2D eigenvalue weighted by atomic mass is 9.96. The molecule has 2 unspecified atom stereocenters. The molecule has 1 aliphatic rings. The molecule has 3 rings (SSSR count). The van der Waals surface area contributed by atoms with E-state index >= 15 is 4.39 Å². The molecule has 2 atom stereocenters. The standard InChI is InChI=1S/C19H14ClF4NO2/c1-25-11-14(15(26)9-17(25)19(22,23)24)12-7-8-16(20)18(21,10-12)27-13-5-3-2-4-6-13/h2-11,16H,1H3. The van der Waals surface area contributed by atoms with Gasteiger partial charge in [-0.05, 0) is 17.7 Å². The van der Waals surface area contributed by atoms with E-state index in [0.29, 0.717) is 6.07 Å². The second-order valence-corrected chi connectivity index (χ2v) is 6.49. The molecular formula is C19H14ClF4NO2. The van der Waals surface area contributed by atoms with Crippen LogP contribution >= 0.6 is 11.6 Å². The Balaban J connectivity index is 2.03. The highest BCUT2D eigenvalue weighted by Crippen LogP contribution is 2.35. The molecule has 1 heterocycles. The Bertz CT molecular complexity index is 966. The third-order valence-electron chi connectivity index (χ3n) is 4.03. The SMILES string of the molecule is Cn1cc(C2=CC(F)(Oc3ccccc3)C(Cl)C=C2)c(=O)cc1C(F)(F)F. The van der Waals surface area contributed by atoms with Gasteiger partial charge in [-0.3, -0.25) is 4.79 Å². The zero-order chi connectivity index (χ0) is 19.8. The third kappa shape index (κ3) is 3.93. The van der Waals surface area contributed by atoms with E-state index < -0.39 is 28.5 Å². The van der Waals surface area contributed by atoms with Crippen molar-refractivity contribution >= 4 is 17.2 Å². The first-order valence-corrected chi connectivity index (χ1v) is 8.30. The number of pyridine rings is 1. The average Bonchev–Trinajstić information content (AvgIpc) is 2.59. The molecule has 0 saturated heterocycles. The molecule has 0 saturated carbocycles. The topological polar surface area (TPSA) is 31.2 Å². The lowest BCUT2D eigenvalue weighted by Crippen LogP contribution is -2.39. The Labute approximate surface area is 157 Å². The van der Waals surface area contributed by atoms with Crippen molar-refractivity contribution in [2.24, 2.45) is 7.05 Å². The molecule has 1 aromatic heterocycles. The molecule has 0 fully saturated rings. The zero-order valence-corrected chi connectivity index (χ0v) is 14.8. The van der Waals surface area contributed by atoms with Crippen LogP contribution in [0.5, 0.6) is 5.75 Å². The van der Waals surface area contributed by atoms with E-state index in [-0.39, 0.29) is 16.9 Å². The lowest BCUT2D eigenvalue weighted by Gasteiger charge is -2.29. The number of hydrogen-bond donors (Lipinski definition) is 0. The molecule has 2 aromatic rings. The van der Waals surface area contributed by atoms with E-state index in [2.05, 4.69) is 0 Å². The number of halogens is 5. The maximum atomic E-state index is 15.3. The molecule has 0 bridgehead atoms. The summed E-state index contributed by atoms with van der Waals surface area (Å²) >= 11 is 6.02. The van der Waals surface area contributed by atoms with Crippen LogP contribution < -0.4 is 10.2 Å². The second-order valence-electron chi connectivity index (χ2n) is 6.02. The van der Waals surface area contributed by atoms with E-state index in [0.717, 1.165) is 23.9 Å². The first-order chi connectivity index (χ1) is 12.6. The van der Waals surface area contributed by atoms with E-state index in [1.807, 2.05) is 0 Å². The van der Waals surface area contributed by atoms with Gasteiger partial charge in [0, 0.05) is 31.0 Å². The Morgan fingerprint density at radius 2 is 1.89 bits per heavy atom. The van der Waals surface area contributed by atoms with Crippen molar-refractivity contribution in [3.05, 3.63) is 82.3 Å². The van der Waals surface area contributed by atoms with Crippen molar-refractivity contribution in [2.75, 3.05) is 0 Å². The number of para-hydroxylation sites is 1. The predicted molar refractivity (Wildman–Crippen MR) is 94.4 cm³/mol. The number of benzene rings is 1. The summed E-state index contributed by atoms with van der Waals surface area (Å²) in [4.78, 5) is 12.2. The number of nitrogens with zero attached hydrogens (tertiary/aromatic N) is 1. The normalized spacial score (nSPS) is 22.4. The zero-order valence-electron chi connectivity index (χ0n) is 14.0. The minimum absolute atomic E-state index is 0.0830. The van der Waals surface area contributed by atoms with E-state index in [4.69, 9.17) is 16.3 Å². The largest absolute Gasteiger partial charge is 0.452 e. The summed E-state index contributed by atoms with van der Waals surface area (Å²) < 4.78 is 60.2. The minimum atomic E-state index is -4.68. The Morgan fingerprint density at radius 1 is 1.22 bits per heavy atom. The molecule has 1 aliphatic carbocycles. The predicted octanol–water partition coefficient (Wildman–Crippen LogP) is 4.71. The van der Waals surface area contributed by atoms with Crippen LogP contribution in [-0.4, -0.2) is 15.8 Å². The summed E-state index contributed by atoms with van der Waals surface area (Å²) in [5.74, 6) is -2.25. The Kier molecular flexibility index (Phi) is 4.90. The molecular weight excluding hydrogens is 386 g/mol. The van der Waals surface area contributed by atoms with Crippen LogP contribution in [0.4, 0.5) is 17.6 Å². The van der Waals surface area contributed by atoms with Crippen LogP contribution in [0.2, 0.25) is 0 Å². The highest BCUT2D eigenvalue weighted by Gasteiger charge is 2.40. The molecule has 8 heteroatoms. The van der Waals surface area contributed by atoms with Crippen molar-refractivity contribution in [3.63, 3.8) is 0 Å². The number of alkyl halides is 5. The smallest absolute Gasteiger partial charge is 0.431 e. The molecule has 0 spiro atoms. The molecule has 0 amide bonds. The summed E-state index contributed by atoms with van der Waals surface area (Å²) in [6.45, 7) is 0. The van der Waals surface area contributed by atoms with Gasteiger partial charge in [0.15, 0.2) is 5.43 Å². The second kappa shape index (κ2) is 6.88. The molecule has 142 valence electrons. The molecule has 0 radical (unpaired) electrons. The van der Waals surface area contributed by atoms with Crippen molar-refractivity contribution < 1.29 is 22.3 Å². The molecule has 0 aliphatic heterocycles. The van der Waals surface area contributed by atoms with Crippen LogP contribution in [0.1, 0.15) is 11.3 Å². The van der Waals surface area contributed by atoms with Gasteiger partial charge in [0.05, 0.1) is 0 Å². The Morgan fingerprint density at radius 3 is 2.52 bits per heavy atom. The van der Waals surface area contributed by atoms with Gasteiger partial charge in [-0.15, -0.1) is 11.6 Å². The highest BCUT2D eigenvalue weighted by atomic mass is 35.5. The van der Waals surface area contributed by atoms with Gasteiger partial charge < -0.3 is 9.30 Å². The monoisotopic (exact) mass is 399 g/mol. The van der Waals surface area contributed by atoms with Gasteiger partial charge in [-0.2, -0.15) is 17.6 Å². The third-order valence-corrected chi connectivity index (χ3v) is 4.47. The van der Waals surface area contributed by atoms with Crippen molar-refractivity contribution in [2.45, 2.75) is 17.4 Å². The van der Waals surface area contributed by atoms with Gasteiger partial charge in [0.25, 0.3) is 5.85 Å². The average molecular weight is 400 g/mol. The van der Waals surface area contributed by atoms with Crippen molar-refractivity contribution in [3.8, 4) is 5.75 Å². The van der Waals surface area contributed by atoms with Crippen molar-refractivity contribution in [1.82, 2.24) is 4.57 Å². The Hall–Kier alpha value is -2.54. The van der Waals surface area contributed by atoms with Gasteiger partial charge >= 0.3 is 6.18 Å².